The van der Waals surface area contributed by atoms with Crippen molar-refractivity contribution in [2.24, 2.45) is 0 Å². The van der Waals surface area contributed by atoms with Crippen molar-refractivity contribution >= 4 is 17.9 Å². The van der Waals surface area contributed by atoms with E-state index in [0.717, 1.165) is 109 Å². The molecule has 0 amide bonds. The van der Waals surface area contributed by atoms with E-state index in [1.54, 1.807) is 0 Å². The Morgan fingerprint density at radius 1 is 0.386 bits per heavy atom. The van der Waals surface area contributed by atoms with Crippen molar-refractivity contribution in [3.05, 3.63) is 72.9 Å². The summed E-state index contributed by atoms with van der Waals surface area (Å²) in [5, 5.41) is 0. The molecule has 326 valence electrons. The molecule has 0 radical (unpaired) electrons. The zero-order chi connectivity index (χ0) is 41.5. The van der Waals surface area contributed by atoms with E-state index in [-0.39, 0.29) is 31.1 Å². The van der Waals surface area contributed by atoms with Crippen LogP contribution < -0.4 is 0 Å². The first-order valence-corrected chi connectivity index (χ1v) is 23.5. The van der Waals surface area contributed by atoms with Gasteiger partial charge in [0.1, 0.15) is 13.2 Å². The molecule has 0 heterocycles. The van der Waals surface area contributed by atoms with Gasteiger partial charge >= 0.3 is 17.9 Å². The molecule has 0 fully saturated rings. The summed E-state index contributed by atoms with van der Waals surface area (Å²) in [7, 11) is 0. The van der Waals surface area contributed by atoms with Gasteiger partial charge in [-0.1, -0.05) is 171 Å². The summed E-state index contributed by atoms with van der Waals surface area (Å²) in [4.78, 5) is 37.8. The second kappa shape index (κ2) is 45.6. The molecule has 0 aliphatic carbocycles. The molecular weight excluding hydrogens is 709 g/mol. The summed E-state index contributed by atoms with van der Waals surface area (Å²) in [6.07, 6.45) is 56.0. The largest absolute Gasteiger partial charge is 0.462 e. The first-order valence-electron chi connectivity index (χ1n) is 23.5. The van der Waals surface area contributed by atoms with E-state index in [1.165, 1.54) is 64.2 Å². The Balaban J connectivity index is 4.43. The lowest BCUT2D eigenvalue weighted by atomic mass is 10.1. The molecule has 0 saturated heterocycles. The third-order valence-electron chi connectivity index (χ3n) is 9.69. The van der Waals surface area contributed by atoms with Crippen molar-refractivity contribution in [3.8, 4) is 0 Å². The molecule has 0 bridgehead atoms. The van der Waals surface area contributed by atoms with Gasteiger partial charge in [-0.25, -0.2) is 0 Å². The van der Waals surface area contributed by atoms with Gasteiger partial charge in [0.25, 0.3) is 0 Å². The second-order valence-corrected chi connectivity index (χ2v) is 15.3. The molecule has 57 heavy (non-hydrogen) atoms. The minimum atomic E-state index is -0.793. The molecular formula is C51H86O6. The van der Waals surface area contributed by atoms with E-state index in [2.05, 4.69) is 93.7 Å². The fraction of sp³-hybridized carbons (Fsp3) is 0.706. The summed E-state index contributed by atoms with van der Waals surface area (Å²) in [6, 6.07) is 0. The molecule has 0 aliphatic rings. The molecule has 1 atom stereocenters. The van der Waals surface area contributed by atoms with Crippen LogP contribution in [0.25, 0.3) is 0 Å². The second-order valence-electron chi connectivity index (χ2n) is 15.3. The van der Waals surface area contributed by atoms with Gasteiger partial charge < -0.3 is 14.2 Å². The normalized spacial score (nSPS) is 12.7. The smallest absolute Gasteiger partial charge is 0.306 e. The summed E-state index contributed by atoms with van der Waals surface area (Å²) >= 11 is 0. The fourth-order valence-corrected chi connectivity index (χ4v) is 6.13. The van der Waals surface area contributed by atoms with E-state index >= 15 is 0 Å². The van der Waals surface area contributed by atoms with Gasteiger partial charge in [0.05, 0.1) is 0 Å². The van der Waals surface area contributed by atoms with Crippen molar-refractivity contribution in [1.29, 1.82) is 0 Å². The molecule has 1 unspecified atom stereocenters. The minimum Gasteiger partial charge on any atom is -0.462 e. The lowest BCUT2D eigenvalue weighted by Gasteiger charge is -2.18. The highest BCUT2D eigenvalue weighted by molar-refractivity contribution is 5.71. The van der Waals surface area contributed by atoms with Gasteiger partial charge in [0.15, 0.2) is 6.10 Å². The number of hydrogen-bond donors (Lipinski definition) is 0. The molecule has 0 spiro atoms. The monoisotopic (exact) mass is 795 g/mol. The van der Waals surface area contributed by atoms with E-state index < -0.39 is 6.10 Å². The molecule has 0 rings (SSSR count). The molecule has 6 nitrogen and oxygen atoms in total. The maximum Gasteiger partial charge on any atom is 0.306 e. The SMILES string of the molecule is CC/C=C\C/C=C\C/C=C\CCCCCCCCC(=O)OCC(COC(=O)CCCCC/C=C\C=C/CCCC)OC(=O)CCCCCCC/C=C\CCCCC. The van der Waals surface area contributed by atoms with Crippen molar-refractivity contribution in [2.75, 3.05) is 13.2 Å². The topological polar surface area (TPSA) is 78.9 Å². The quantitative estimate of drug-likeness (QED) is 0.0202. The van der Waals surface area contributed by atoms with Crippen LogP contribution in [-0.2, 0) is 28.6 Å². The average molecular weight is 795 g/mol. The number of carbonyl (C=O) groups is 3. The van der Waals surface area contributed by atoms with E-state index in [1.807, 2.05) is 0 Å². The molecule has 0 aromatic rings. The number of carbonyl (C=O) groups excluding carboxylic acids is 3. The van der Waals surface area contributed by atoms with Crippen molar-refractivity contribution in [1.82, 2.24) is 0 Å². The van der Waals surface area contributed by atoms with Crippen LogP contribution in [0.5, 0.6) is 0 Å². The van der Waals surface area contributed by atoms with Gasteiger partial charge in [0.2, 0.25) is 0 Å². The maximum absolute atomic E-state index is 12.7. The maximum atomic E-state index is 12.7. The molecule has 6 heteroatoms. The number of esters is 3. The van der Waals surface area contributed by atoms with Gasteiger partial charge in [-0.2, -0.15) is 0 Å². The Morgan fingerprint density at radius 2 is 0.754 bits per heavy atom. The van der Waals surface area contributed by atoms with Crippen LogP contribution >= 0.6 is 0 Å². The lowest BCUT2D eigenvalue weighted by Crippen LogP contribution is -2.30. The number of ether oxygens (including phenoxy) is 3. The minimum absolute atomic E-state index is 0.0950. The van der Waals surface area contributed by atoms with E-state index in [0.29, 0.717) is 19.3 Å². The molecule has 0 aromatic carbocycles. The number of unbranched alkanes of at least 4 members (excludes halogenated alkanes) is 19. The summed E-state index contributed by atoms with van der Waals surface area (Å²) < 4.78 is 16.7. The number of hydrogen-bond acceptors (Lipinski definition) is 6. The Morgan fingerprint density at radius 3 is 1.26 bits per heavy atom. The van der Waals surface area contributed by atoms with Crippen LogP contribution in [0, 0.1) is 0 Å². The van der Waals surface area contributed by atoms with Crippen molar-refractivity contribution in [3.63, 3.8) is 0 Å². The predicted octanol–water partition coefficient (Wildman–Crippen LogP) is 15.1. The Kier molecular flexibility index (Phi) is 43.0. The first kappa shape index (κ1) is 53.9. The van der Waals surface area contributed by atoms with Gasteiger partial charge in [-0.05, 0) is 96.3 Å². The lowest BCUT2D eigenvalue weighted by molar-refractivity contribution is -0.167. The van der Waals surface area contributed by atoms with Crippen LogP contribution in [0.1, 0.15) is 213 Å². The Bertz CT molecular complexity index is 1100. The Labute approximate surface area is 351 Å². The van der Waals surface area contributed by atoms with Gasteiger partial charge in [0, 0.05) is 19.3 Å². The van der Waals surface area contributed by atoms with Crippen LogP contribution in [0.3, 0.4) is 0 Å². The standard InChI is InChI=1S/C51H86O6/c1-4-7-10-13-16-19-22-24-25-26-27-30-32-35-38-41-44-50(53)56-47-48(46-55-49(52)43-40-37-34-31-28-21-18-15-12-9-6-3)57-51(54)45-42-39-36-33-29-23-20-17-14-11-8-5-2/h7,10,15-21,24-25,28,48H,4-6,8-9,11-14,22-23,26-27,29-47H2,1-3H3/b10-7-,18-15-,19-16-,20-17-,25-24-,28-21-. The van der Waals surface area contributed by atoms with E-state index in [4.69, 9.17) is 14.2 Å². The number of rotatable bonds is 41. The van der Waals surface area contributed by atoms with Crippen molar-refractivity contribution in [2.45, 2.75) is 219 Å². The molecule has 0 saturated carbocycles. The molecule has 0 aromatic heterocycles. The van der Waals surface area contributed by atoms with Gasteiger partial charge in [-0.15, -0.1) is 0 Å². The highest BCUT2D eigenvalue weighted by Crippen LogP contribution is 2.13. The third-order valence-corrected chi connectivity index (χ3v) is 9.69. The zero-order valence-electron chi connectivity index (χ0n) is 37.1. The average Bonchev–Trinajstić information content (AvgIpc) is 3.21. The summed E-state index contributed by atoms with van der Waals surface area (Å²) in [5.74, 6) is -0.950. The zero-order valence-corrected chi connectivity index (χ0v) is 37.1. The van der Waals surface area contributed by atoms with E-state index in [9.17, 15) is 14.4 Å². The third kappa shape index (κ3) is 43.8. The highest BCUT2D eigenvalue weighted by Gasteiger charge is 2.19. The molecule has 0 N–H and O–H groups in total. The first-order chi connectivity index (χ1) is 28.0. The Hall–Kier alpha value is -3.15. The van der Waals surface area contributed by atoms with Gasteiger partial charge in [-0.3, -0.25) is 14.4 Å². The van der Waals surface area contributed by atoms with Crippen LogP contribution in [-0.4, -0.2) is 37.2 Å². The highest BCUT2D eigenvalue weighted by atomic mass is 16.6. The van der Waals surface area contributed by atoms with Crippen molar-refractivity contribution < 1.29 is 28.6 Å². The predicted molar refractivity (Wildman–Crippen MR) is 242 cm³/mol. The summed E-state index contributed by atoms with van der Waals surface area (Å²) in [6.45, 7) is 6.39. The fourth-order valence-electron chi connectivity index (χ4n) is 6.13. The van der Waals surface area contributed by atoms with Crippen LogP contribution in [0.4, 0.5) is 0 Å². The number of allylic oxidation sites excluding steroid dienone is 12. The molecule has 0 aliphatic heterocycles. The van der Waals surface area contributed by atoms with Crippen LogP contribution in [0.15, 0.2) is 72.9 Å². The summed E-state index contributed by atoms with van der Waals surface area (Å²) in [5.41, 5.74) is 0. The van der Waals surface area contributed by atoms with Crippen LogP contribution in [0.2, 0.25) is 0 Å².